The molecule has 0 saturated carbocycles. The zero-order valence-corrected chi connectivity index (χ0v) is 13.8. The highest BCUT2D eigenvalue weighted by molar-refractivity contribution is 7.16. The Balaban J connectivity index is 2.14. The van der Waals surface area contributed by atoms with E-state index < -0.39 is 0 Å². The molecule has 0 unspecified atom stereocenters. The van der Waals surface area contributed by atoms with E-state index in [4.69, 9.17) is 0 Å². The van der Waals surface area contributed by atoms with Gasteiger partial charge in [0.2, 0.25) is 0 Å². The smallest absolute Gasteiger partial charge is 0.279 e. The highest BCUT2D eigenvalue weighted by atomic mass is 32.1. The Kier molecular flexibility index (Phi) is 3.94. The maximum absolute atomic E-state index is 12.4. The number of amides is 1. The Labute approximate surface area is 133 Å². The lowest BCUT2D eigenvalue weighted by Crippen LogP contribution is -2.14. The fraction of sp³-hybridized carbons (Fsp3) is 0.222. The molecule has 0 aliphatic rings. The largest absolute Gasteiger partial charge is 0.319 e. The molecule has 1 amide bonds. The fourth-order valence-corrected chi connectivity index (χ4v) is 3.67. The molecule has 2 aromatic carbocycles. The van der Waals surface area contributed by atoms with Crippen LogP contribution in [0.5, 0.6) is 0 Å². The first kappa shape index (κ1) is 14.7. The van der Waals surface area contributed by atoms with E-state index in [2.05, 4.69) is 30.1 Å². The number of thiazole rings is 1. The van der Waals surface area contributed by atoms with Gasteiger partial charge in [0.1, 0.15) is 0 Å². The van der Waals surface area contributed by atoms with E-state index in [1.54, 1.807) is 11.3 Å². The number of benzene rings is 2. The van der Waals surface area contributed by atoms with Crippen LogP contribution in [-0.4, -0.2) is 10.5 Å². The lowest BCUT2D eigenvalue weighted by molar-refractivity contribution is 0.0998. The van der Waals surface area contributed by atoms with Crippen LogP contribution in [0.15, 0.2) is 47.5 Å². The van der Waals surface area contributed by atoms with Gasteiger partial charge in [-0.1, -0.05) is 48.1 Å². The van der Waals surface area contributed by atoms with Crippen LogP contribution in [0.25, 0.3) is 10.2 Å². The van der Waals surface area contributed by atoms with Gasteiger partial charge in [-0.15, -0.1) is 0 Å². The second-order valence-electron chi connectivity index (χ2n) is 5.35. The molecule has 0 aliphatic carbocycles. The molecule has 4 heteroatoms. The first-order chi connectivity index (χ1) is 10.6. The maximum atomic E-state index is 12.4. The molecule has 0 N–H and O–H groups in total. The standard InChI is InChI=1S/C18H18N2OS/c1-4-13-8-6-10-15-16(13)20(3)18(22-15)19-17(21)14-9-5-7-12(2)11-14/h5-11H,4H2,1-3H3. The summed E-state index contributed by atoms with van der Waals surface area (Å²) in [6, 6.07) is 13.8. The van der Waals surface area contributed by atoms with Crippen molar-refractivity contribution in [1.29, 1.82) is 0 Å². The van der Waals surface area contributed by atoms with E-state index in [0.717, 1.165) is 21.5 Å². The average molecular weight is 310 g/mol. The molecule has 0 bridgehead atoms. The highest BCUT2D eigenvalue weighted by Crippen LogP contribution is 2.21. The number of carbonyl (C=O) groups is 1. The third-order valence-electron chi connectivity index (χ3n) is 3.75. The Morgan fingerprint density at radius 3 is 2.73 bits per heavy atom. The topological polar surface area (TPSA) is 34.4 Å². The third kappa shape index (κ3) is 2.62. The second-order valence-corrected chi connectivity index (χ2v) is 6.36. The van der Waals surface area contributed by atoms with Gasteiger partial charge in [-0.3, -0.25) is 4.79 Å². The fourth-order valence-electron chi connectivity index (χ4n) is 2.61. The van der Waals surface area contributed by atoms with Crippen LogP contribution in [0.2, 0.25) is 0 Å². The number of fused-ring (bicyclic) bond motifs is 1. The number of nitrogens with zero attached hydrogens (tertiary/aromatic N) is 2. The molecule has 3 rings (SSSR count). The van der Waals surface area contributed by atoms with Crippen LogP contribution >= 0.6 is 11.3 Å². The zero-order valence-electron chi connectivity index (χ0n) is 13.0. The van der Waals surface area contributed by atoms with Crippen LogP contribution in [-0.2, 0) is 13.5 Å². The second kappa shape index (κ2) is 5.89. The van der Waals surface area contributed by atoms with Crippen LogP contribution < -0.4 is 4.80 Å². The Morgan fingerprint density at radius 2 is 2.00 bits per heavy atom. The molecule has 0 radical (unpaired) electrons. The van der Waals surface area contributed by atoms with Crippen molar-refractivity contribution in [3.63, 3.8) is 0 Å². The molecule has 3 aromatic rings. The summed E-state index contributed by atoms with van der Waals surface area (Å²) in [7, 11) is 1.97. The predicted molar refractivity (Wildman–Crippen MR) is 91.2 cm³/mol. The van der Waals surface area contributed by atoms with Gasteiger partial charge >= 0.3 is 0 Å². The normalized spacial score (nSPS) is 12.0. The van der Waals surface area contributed by atoms with Crippen LogP contribution in [0.4, 0.5) is 0 Å². The molecule has 112 valence electrons. The van der Waals surface area contributed by atoms with Crippen molar-refractivity contribution in [2.75, 3.05) is 0 Å². The minimum Gasteiger partial charge on any atom is -0.319 e. The van der Waals surface area contributed by atoms with E-state index >= 15 is 0 Å². The molecule has 0 aliphatic heterocycles. The summed E-state index contributed by atoms with van der Waals surface area (Å²) in [5.74, 6) is -0.191. The molecule has 1 aromatic heterocycles. The summed E-state index contributed by atoms with van der Waals surface area (Å²) >= 11 is 1.56. The highest BCUT2D eigenvalue weighted by Gasteiger charge is 2.09. The Bertz CT molecular complexity index is 918. The van der Waals surface area contributed by atoms with Crippen molar-refractivity contribution in [3.05, 3.63) is 64.0 Å². The van der Waals surface area contributed by atoms with Gasteiger partial charge < -0.3 is 4.57 Å². The van der Waals surface area contributed by atoms with Crippen molar-refractivity contribution in [2.24, 2.45) is 12.0 Å². The number of aromatic nitrogens is 1. The lowest BCUT2D eigenvalue weighted by Gasteiger charge is -2.02. The van der Waals surface area contributed by atoms with E-state index in [0.29, 0.717) is 5.56 Å². The van der Waals surface area contributed by atoms with Crippen LogP contribution in [0.1, 0.15) is 28.4 Å². The average Bonchev–Trinajstić information content (AvgIpc) is 2.83. The quantitative estimate of drug-likeness (QED) is 0.708. The summed E-state index contributed by atoms with van der Waals surface area (Å²) in [5.41, 5.74) is 4.15. The monoisotopic (exact) mass is 310 g/mol. The van der Waals surface area contributed by atoms with E-state index in [1.165, 1.54) is 11.1 Å². The molecule has 3 nitrogen and oxygen atoms in total. The summed E-state index contributed by atoms with van der Waals surface area (Å²) in [4.78, 5) is 17.4. The zero-order chi connectivity index (χ0) is 15.7. The van der Waals surface area contributed by atoms with Crippen molar-refractivity contribution in [3.8, 4) is 0 Å². The SMILES string of the molecule is CCc1cccc2sc(=NC(=O)c3cccc(C)c3)n(C)c12. The Morgan fingerprint density at radius 1 is 1.23 bits per heavy atom. The molecule has 22 heavy (non-hydrogen) atoms. The molecule has 0 atom stereocenters. The predicted octanol–water partition coefficient (Wildman–Crippen LogP) is 3.85. The van der Waals surface area contributed by atoms with Crippen molar-refractivity contribution in [1.82, 2.24) is 4.57 Å². The first-order valence-electron chi connectivity index (χ1n) is 7.33. The molecular formula is C18H18N2OS. The summed E-state index contributed by atoms with van der Waals surface area (Å²) in [5, 5.41) is 0. The lowest BCUT2D eigenvalue weighted by atomic mass is 10.1. The van der Waals surface area contributed by atoms with Crippen molar-refractivity contribution >= 4 is 27.5 Å². The molecule has 0 fully saturated rings. The first-order valence-corrected chi connectivity index (χ1v) is 8.15. The summed E-state index contributed by atoms with van der Waals surface area (Å²) in [6.07, 6.45) is 0.965. The number of hydrogen-bond donors (Lipinski definition) is 0. The van der Waals surface area contributed by atoms with Crippen LogP contribution in [0.3, 0.4) is 0 Å². The molecular weight excluding hydrogens is 292 g/mol. The van der Waals surface area contributed by atoms with Gasteiger partial charge in [0.05, 0.1) is 10.2 Å². The van der Waals surface area contributed by atoms with Crippen molar-refractivity contribution in [2.45, 2.75) is 20.3 Å². The number of carbonyl (C=O) groups excluding carboxylic acids is 1. The third-order valence-corrected chi connectivity index (χ3v) is 4.85. The van der Waals surface area contributed by atoms with Gasteiger partial charge in [0.25, 0.3) is 5.91 Å². The van der Waals surface area contributed by atoms with E-state index in [1.807, 2.05) is 42.8 Å². The van der Waals surface area contributed by atoms with Crippen molar-refractivity contribution < 1.29 is 4.79 Å². The number of aryl methyl sites for hydroxylation is 3. The maximum Gasteiger partial charge on any atom is 0.279 e. The number of para-hydroxylation sites is 1. The van der Waals surface area contributed by atoms with Gasteiger partial charge in [-0.05, 0) is 37.1 Å². The Hall–Kier alpha value is -2.20. The minimum absolute atomic E-state index is 0.191. The molecule has 1 heterocycles. The van der Waals surface area contributed by atoms with Gasteiger partial charge in [0, 0.05) is 12.6 Å². The molecule has 0 saturated heterocycles. The van der Waals surface area contributed by atoms with Crippen LogP contribution in [0, 0.1) is 6.92 Å². The minimum atomic E-state index is -0.191. The van der Waals surface area contributed by atoms with Gasteiger partial charge in [-0.2, -0.15) is 4.99 Å². The van der Waals surface area contributed by atoms with E-state index in [-0.39, 0.29) is 5.91 Å². The number of rotatable bonds is 2. The van der Waals surface area contributed by atoms with E-state index in [9.17, 15) is 4.79 Å². The summed E-state index contributed by atoms with van der Waals surface area (Å²) < 4.78 is 3.18. The number of hydrogen-bond acceptors (Lipinski definition) is 2. The summed E-state index contributed by atoms with van der Waals surface area (Å²) in [6.45, 7) is 4.12. The van der Waals surface area contributed by atoms with Gasteiger partial charge in [0.15, 0.2) is 4.80 Å². The van der Waals surface area contributed by atoms with Gasteiger partial charge in [-0.25, -0.2) is 0 Å². The molecule has 0 spiro atoms.